The Bertz CT molecular complexity index is 446. The van der Waals surface area contributed by atoms with Gasteiger partial charge in [0.15, 0.2) is 0 Å². The lowest BCUT2D eigenvalue weighted by atomic mass is 10.1. The van der Waals surface area contributed by atoms with Gasteiger partial charge in [0, 0.05) is 6.54 Å². The van der Waals surface area contributed by atoms with Crippen molar-refractivity contribution in [2.45, 2.75) is 31.4 Å². The third-order valence-corrected chi connectivity index (χ3v) is 3.75. The highest BCUT2D eigenvalue weighted by atomic mass is 16.5. The number of nitrogens with zero attached hydrogens (tertiary/aromatic N) is 2. The number of rotatable bonds is 1. The summed E-state index contributed by atoms with van der Waals surface area (Å²) in [5.41, 5.74) is 6.63. The first kappa shape index (κ1) is 11.5. The van der Waals surface area contributed by atoms with Gasteiger partial charge < -0.3 is 15.4 Å². The van der Waals surface area contributed by atoms with Crippen molar-refractivity contribution in [2.75, 3.05) is 18.9 Å². The molecule has 3 rings (SSSR count). The van der Waals surface area contributed by atoms with Crippen LogP contribution in [0.25, 0.3) is 0 Å². The number of amides is 1. The molecule has 1 saturated carbocycles. The van der Waals surface area contributed by atoms with Crippen molar-refractivity contribution >= 4 is 11.6 Å². The van der Waals surface area contributed by atoms with E-state index in [2.05, 4.69) is 4.98 Å². The summed E-state index contributed by atoms with van der Waals surface area (Å²) in [7, 11) is 0. The number of nitrogens with two attached hydrogens (primary N) is 1. The maximum absolute atomic E-state index is 12.4. The van der Waals surface area contributed by atoms with Crippen LogP contribution in [0.1, 0.15) is 29.8 Å². The van der Waals surface area contributed by atoms with Crippen LogP contribution in [0.5, 0.6) is 0 Å². The first-order valence-electron chi connectivity index (χ1n) is 6.40. The number of carbonyl (C=O) groups excluding carboxylic acids is 1. The van der Waals surface area contributed by atoms with Gasteiger partial charge in [-0.1, -0.05) is 0 Å². The molecular weight excluding hydrogens is 230 g/mol. The van der Waals surface area contributed by atoms with Gasteiger partial charge in [-0.15, -0.1) is 0 Å². The van der Waals surface area contributed by atoms with Crippen LogP contribution in [0.2, 0.25) is 0 Å². The number of hydrogen-bond acceptors (Lipinski definition) is 4. The minimum absolute atomic E-state index is 0.00444. The van der Waals surface area contributed by atoms with Gasteiger partial charge in [-0.25, -0.2) is 4.98 Å². The molecule has 2 unspecified atom stereocenters. The van der Waals surface area contributed by atoms with E-state index in [0.717, 1.165) is 19.3 Å². The molecule has 18 heavy (non-hydrogen) atoms. The molecule has 5 heteroatoms. The van der Waals surface area contributed by atoms with Crippen molar-refractivity contribution in [3.05, 3.63) is 24.0 Å². The average molecular weight is 247 g/mol. The Labute approximate surface area is 106 Å². The monoisotopic (exact) mass is 247 g/mol. The number of carbonyl (C=O) groups is 1. The van der Waals surface area contributed by atoms with Gasteiger partial charge >= 0.3 is 0 Å². The summed E-state index contributed by atoms with van der Waals surface area (Å²) in [5, 5.41) is 0. The number of pyridine rings is 1. The van der Waals surface area contributed by atoms with Crippen molar-refractivity contribution in [2.24, 2.45) is 0 Å². The van der Waals surface area contributed by atoms with Crippen molar-refractivity contribution in [3.63, 3.8) is 0 Å². The summed E-state index contributed by atoms with van der Waals surface area (Å²) in [6, 6.07) is 3.63. The fraction of sp³-hybridized carbons (Fsp3) is 0.538. The molecule has 1 aliphatic carbocycles. The molecule has 0 aromatic carbocycles. The second-order valence-corrected chi connectivity index (χ2v) is 4.88. The first-order valence-corrected chi connectivity index (χ1v) is 6.40. The fourth-order valence-corrected chi connectivity index (χ4v) is 2.86. The van der Waals surface area contributed by atoms with E-state index >= 15 is 0 Å². The molecule has 1 aromatic rings. The Balaban J connectivity index is 1.81. The van der Waals surface area contributed by atoms with Gasteiger partial charge in [-0.05, 0) is 31.4 Å². The van der Waals surface area contributed by atoms with E-state index < -0.39 is 0 Å². The SMILES string of the molecule is Nc1ccc(C(=O)N2CCOC3CCCC32)nc1. The number of anilines is 1. The van der Waals surface area contributed by atoms with Crippen LogP contribution >= 0.6 is 0 Å². The molecule has 2 aliphatic rings. The van der Waals surface area contributed by atoms with Gasteiger partial charge in [0.2, 0.25) is 0 Å². The second kappa shape index (κ2) is 4.57. The summed E-state index contributed by atoms with van der Waals surface area (Å²) in [6.07, 6.45) is 4.97. The highest BCUT2D eigenvalue weighted by molar-refractivity contribution is 5.92. The smallest absolute Gasteiger partial charge is 0.272 e. The van der Waals surface area contributed by atoms with E-state index in [1.54, 1.807) is 12.1 Å². The largest absolute Gasteiger partial charge is 0.397 e. The predicted octanol–water partition coefficient (Wildman–Crippen LogP) is 1.06. The molecule has 5 nitrogen and oxygen atoms in total. The van der Waals surface area contributed by atoms with Gasteiger partial charge in [-0.2, -0.15) is 0 Å². The van der Waals surface area contributed by atoms with E-state index in [9.17, 15) is 4.79 Å². The molecule has 1 amide bonds. The molecule has 0 spiro atoms. The Hall–Kier alpha value is -1.62. The third kappa shape index (κ3) is 1.95. The van der Waals surface area contributed by atoms with Crippen molar-refractivity contribution in [1.29, 1.82) is 0 Å². The van der Waals surface area contributed by atoms with E-state index in [0.29, 0.717) is 24.5 Å². The van der Waals surface area contributed by atoms with Gasteiger partial charge in [0.1, 0.15) is 5.69 Å². The minimum Gasteiger partial charge on any atom is -0.397 e. The van der Waals surface area contributed by atoms with Crippen LogP contribution in [0, 0.1) is 0 Å². The quantitative estimate of drug-likeness (QED) is 0.805. The summed E-state index contributed by atoms with van der Waals surface area (Å²) >= 11 is 0. The molecule has 1 aromatic heterocycles. The van der Waals surface area contributed by atoms with E-state index in [4.69, 9.17) is 10.5 Å². The molecule has 2 atom stereocenters. The molecule has 2 fully saturated rings. The zero-order valence-corrected chi connectivity index (χ0v) is 10.2. The average Bonchev–Trinajstić information content (AvgIpc) is 2.87. The number of fused-ring (bicyclic) bond motifs is 1. The lowest BCUT2D eigenvalue weighted by molar-refractivity contribution is -0.0447. The van der Waals surface area contributed by atoms with E-state index in [1.165, 1.54) is 6.20 Å². The van der Waals surface area contributed by atoms with Crippen LogP contribution in [0.4, 0.5) is 5.69 Å². The molecule has 1 saturated heterocycles. The van der Waals surface area contributed by atoms with Crippen LogP contribution < -0.4 is 5.73 Å². The zero-order chi connectivity index (χ0) is 12.5. The highest BCUT2D eigenvalue weighted by Crippen LogP contribution is 2.30. The van der Waals surface area contributed by atoms with E-state index in [1.807, 2.05) is 4.90 Å². The van der Waals surface area contributed by atoms with Gasteiger partial charge in [0.05, 0.1) is 30.6 Å². The topological polar surface area (TPSA) is 68.5 Å². The third-order valence-electron chi connectivity index (χ3n) is 3.75. The second-order valence-electron chi connectivity index (χ2n) is 4.88. The van der Waals surface area contributed by atoms with Gasteiger partial charge in [-0.3, -0.25) is 4.79 Å². The number of aromatic nitrogens is 1. The van der Waals surface area contributed by atoms with Crippen LogP contribution in [-0.4, -0.2) is 41.1 Å². The minimum atomic E-state index is -0.00444. The molecule has 96 valence electrons. The molecular formula is C13H17N3O2. The summed E-state index contributed by atoms with van der Waals surface area (Å²) in [5.74, 6) is -0.00444. The maximum atomic E-state index is 12.4. The fourth-order valence-electron chi connectivity index (χ4n) is 2.86. The Morgan fingerprint density at radius 1 is 1.44 bits per heavy atom. The Morgan fingerprint density at radius 2 is 2.33 bits per heavy atom. The maximum Gasteiger partial charge on any atom is 0.272 e. The molecule has 0 bridgehead atoms. The molecule has 1 aliphatic heterocycles. The number of morpholine rings is 1. The number of hydrogen-bond donors (Lipinski definition) is 1. The van der Waals surface area contributed by atoms with Crippen molar-refractivity contribution < 1.29 is 9.53 Å². The Kier molecular flexibility index (Phi) is 2.91. The van der Waals surface area contributed by atoms with Crippen LogP contribution in [-0.2, 0) is 4.74 Å². The summed E-state index contributed by atoms with van der Waals surface area (Å²) < 4.78 is 5.70. The number of ether oxygens (including phenoxy) is 1. The molecule has 2 N–H and O–H groups in total. The van der Waals surface area contributed by atoms with Crippen LogP contribution in [0.15, 0.2) is 18.3 Å². The lowest BCUT2D eigenvalue weighted by Gasteiger charge is -2.37. The summed E-state index contributed by atoms with van der Waals surface area (Å²) in [4.78, 5) is 18.4. The Morgan fingerprint density at radius 3 is 3.11 bits per heavy atom. The van der Waals surface area contributed by atoms with Crippen LogP contribution in [0.3, 0.4) is 0 Å². The van der Waals surface area contributed by atoms with Crippen molar-refractivity contribution in [3.8, 4) is 0 Å². The van der Waals surface area contributed by atoms with Gasteiger partial charge in [0.25, 0.3) is 5.91 Å². The molecule has 2 heterocycles. The highest BCUT2D eigenvalue weighted by Gasteiger charge is 2.38. The lowest BCUT2D eigenvalue weighted by Crippen LogP contribution is -2.51. The zero-order valence-electron chi connectivity index (χ0n) is 10.2. The number of nitrogen functional groups attached to an aromatic ring is 1. The first-order chi connectivity index (χ1) is 8.75. The predicted molar refractivity (Wildman–Crippen MR) is 67.1 cm³/mol. The van der Waals surface area contributed by atoms with E-state index in [-0.39, 0.29) is 18.1 Å². The summed E-state index contributed by atoms with van der Waals surface area (Å²) in [6.45, 7) is 1.29. The van der Waals surface area contributed by atoms with Crippen molar-refractivity contribution in [1.82, 2.24) is 9.88 Å². The molecule has 0 radical (unpaired) electrons. The normalized spacial score (nSPS) is 27.0. The standard InChI is InChI=1S/C13H17N3O2/c14-9-4-5-10(15-8-9)13(17)16-6-7-18-12-3-1-2-11(12)16/h4-5,8,11-12H,1-3,6-7,14H2.